The van der Waals surface area contributed by atoms with Crippen molar-refractivity contribution in [3.05, 3.63) is 65.2 Å². The van der Waals surface area contributed by atoms with Crippen LogP contribution >= 0.6 is 0 Å². The Hall–Kier alpha value is -2.74. The number of aryl methyl sites for hydroxylation is 2. The van der Waals surface area contributed by atoms with Gasteiger partial charge in [-0.05, 0) is 38.0 Å². The van der Waals surface area contributed by atoms with Crippen LogP contribution in [0, 0.1) is 13.8 Å². The Morgan fingerprint density at radius 3 is 2.16 bits per heavy atom. The van der Waals surface area contributed by atoms with E-state index in [9.17, 15) is 9.59 Å². The van der Waals surface area contributed by atoms with Gasteiger partial charge >= 0.3 is 0 Å². The number of amides is 2. The lowest BCUT2D eigenvalue weighted by molar-refractivity contribution is -0.135. The van der Waals surface area contributed by atoms with Crippen LogP contribution in [-0.4, -0.2) is 60.4 Å². The molecule has 31 heavy (non-hydrogen) atoms. The van der Waals surface area contributed by atoms with E-state index in [1.165, 1.54) is 11.1 Å². The topological polar surface area (TPSA) is 76.7 Å². The van der Waals surface area contributed by atoms with Gasteiger partial charge in [-0.2, -0.15) is 0 Å². The Balaban J connectivity index is 1.22. The molecule has 2 unspecified atom stereocenters. The third kappa shape index (κ3) is 5.50. The number of anilines is 1. The van der Waals surface area contributed by atoms with Gasteiger partial charge in [-0.3, -0.25) is 14.5 Å². The minimum atomic E-state index is -0.220. The van der Waals surface area contributed by atoms with Crippen LogP contribution in [0.2, 0.25) is 0 Å². The molecule has 7 heteroatoms. The number of hydrazine groups is 1. The van der Waals surface area contributed by atoms with Crippen LogP contribution in [0.5, 0.6) is 0 Å². The van der Waals surface area contributed by atoms with Gasteiger partial charge in [0, 0.05) is 37.9 Å². The van der Waals surface area contributed by atoms with Gasteiger partial charge in [-0.25, -0.2) is 10.9 Å². The van der Waals surface area contributed by atoms with Crippen molar-refractivity contribution in [2.45, 2.75) is 32.4 Å². The number of benzene rings is 2. The monoisotopic (exact) mass is 421 g/mol. The van der Waals surface area contributed by atoms with E-state index in [1.807, 2.05) is 36.1 Å². The molecular weight excluding hydrogens is 390 g/mol. The van der Waals surface area contributed by atoms with Gasteiger partial charge in [0.2, 0.25) is 11.8 Å². The third-order valence-corrected chi connectivity index (χ3v) is 6.07. The zero-order chi connectivity index (χ0) is 21.8. The number of nitrogens with zero attached hydrogens (tertiary/aromatic N) is 2. The van der Waals surface area contributed by atoms with E-state index in [0.29, 0.717) is 32.7 Å². The van der Waals surface area contributed by atoms with Crippen molar-refractivity contribution in [2.75, 3.05) is 38.0 Å². The molecule has 2 aromatic carbocycles. The van der Waals surface area contributed by atoms with Gasteiger partial charge in [0.15, 0.2) is 0 Å². The molecule has 0 radical (unpaired) electrons. The number of piperazine rings is 1. The lowest BCUT2D eigenvalue weighted by Crippen LogP contribution is -2.54. The fourth-order valence-electron chi connectivity index (χ4n) is 4.12. The number of carbonyl (C=O) groups excluding carboxylic acids is 2. The van der Waals surface area contributed by atoms with Crippen molar-refractivity contribution >= 4 is 17.5 Å². The molecular formula is C24H31N5O2. The fraction of sp³-hybridized carbons (Fsp3) is 0.417. The Bertz CT molecular complexity index is 905. The van der Waals surface area contributed by atoms with Crippen LogP contribution < -0.4 is 16.2 Å². The number of nitrogens with one attached hydrogen (secondary N) is 3. The highest BCUT2D eigenvalue weighted by Crippen LogP contribution is 2.23. The van der Waals surface area contributed by atoms with Crippen LogP contribution in [0.4, 0.5) is 5.69 Å². The molecule has 0 bridgehead atoms. The maximum Gasteiger partial charge on any atom is 0.241 e. The second kappa shape index (κ2) is 9.60. The quantitative estimate of drug-likeness (QED) is 0.688. The molecule has 0 aliphatic carbocycles. The molecule has 2 fully saturated rings. The maximum absolute atomic E-state index is 13.0. The normalized spacial score (nSPS) is 21.8. The third-order valence-electron chi connectivity index (χ3n) is 6.07. The number of rotatable bonds is 5. The Kier molecular flexibility index (Phi) is 6.65. The molecule has 2 atom stereocenters. The summed E-state index contributed by atoms with van der Waals surface area (Å²) in [4.78, 5) is 29.3. The smallest absolute Gasteiger partial charge is 0.241 e. The lowest BCUT2D eigenvalue weighted by atomic mass is 10.0. The highest BCUT2D eigenvalue weighted by molar-refractivity contribution is 5.92. The summed E-state index contributed by atoms with van der Waals surface area (Å²) in [6.07, 6.45) is 0.737. The fourth-order valence-corrected chi connectivity index (χ4v) is 4.12. The van der Waals surface area contributed by atoms with Gasteiger partial charge in [0.25, 0.3) is 0 Å². The van der Waals surface area contributed by atoms with Gasteiger partial charge in [-0.1, -0.05) is 47.5 Å². The first-order valence-corrected chi connectivity index (χ1v) is 10.9. The van der Waals surface area contributed by atoms with Gasteiger partial charge in [0.1, 0.15) is 6.04 Å². The summed E-state index contributed by atoms with van der Waals surface area (Å²) < 4.78 is 0. The molecule has 3 N–H and O–H groups in total. The molecule has 2 amide bonds. The molecule has 164 valence electrons. The number of hydrogen-bond donors (Lipinski definition) is 3. The average Bonchev–Trinajstić information content (AvgIpc) is 3.26. The van der Waals surface area contributed by atoms with E-state index >= 15 is 0 Å². The molecule has 4 rings (SSSR count). The van der Waals surface area contributed by atoms with E-state index in [-0.39, 0.29) is 23.9 Å². The second-order valence-electron chi connectivity index (χ2n) is 8.56. The zero-order valence-electron chi connectivity index (χ0n) is 18.2. The standard InChI is InChI=1S/C24H31N5O2/c1-17-3-7-19(8-4-17)21-15-22(27-26-21)24(31)29-13-11-28(12-14-29)16-23(30)25-20-9-5-18(2)6-10-20/h3-10,21-22,26-27H,11-16H2,1-2H3,(H,25,30). The van der Waals surface area contributed by atoms with Crippen molar-refractivity contribution in [3.8, 4) is 0 Å². The van der Waals surface area contributed by atoms with Crippen molar-refractivity contribution in [1.29, 1.82) is 0 Å². The summed E-state index contributed by atoms with van der Waals surface area (Å²) in [7, 11) is 0. The van der Waals surface area contributed by atoms with Gasteiger partial charge in [-0.15, -0.1) is 0 Å². The number of carbonyl (C=O) groups is 2. The van der Waals surface area contributed by atoms with Crippen LogP contribution in [0.3, 0.4) is 0 Å². The molecule has 7 nitrogen and oxygen atoms in total. The van der Waals surface area contributed by atoms with Crippen LogP contribution in [0.1, 0.15) is 29.2 Å². The molecule has 2 heterocycles. The van der Waals surface area contributed by atoms with Gasteiger partial charge in [0.05, 0.1) is 6.54 Å². The predicted molar refractivity (Wildman–Crippen MR) is 121 cm³/mol. The summed E-state index contributed by atoms with van der Waals surface area (Å²) in [5, 5.41) is 2.94. The van der Waals surface area contributed by atoms with Crippen molar-refractivity contribution in [1.82, 2.24) is 20.7 Å². The molecule has 2 aliphatic heterocycles. The molecule has 0 spiro atoms. The first-order chi connectivity index (χ1) is 15.0. The van der Waals surface area contributed by atoms with Gasteiger partial charge < -0.3 is 10.2 Å². The zero-order valence-corrected chi connectivity index (χ0v) is 18.2. The molecule has 2 aliphatic rings. The van der Waals surface area contributed by atoms with E-state index < -0.39 is 0 Å². The summed E-state index contributed by atoms with van der Waals surface area (Å²) in [5.74, 6) is 0.108. The Labute approximate surface area is 183 Å². The van der Waals surface area contributed by atoms with E-state index in [2.05, 4.69) is 52.3 Å². The minimum absolute atomic E-state index is 0.0220. The van der Waals surface area contributed by atoms with Crippen LogP contribution in [0.25, 0.3) is 0 Å². The molecule has 2 saturated heterocycles. The number of hydrogen-bond acceptors (Lipinski definition) is 5. The molecule has 0 aromatic heterocycles. The maximum atomic E-state index is 13.0. The first-order valence-electron chi connectivity index (χ1n) is 10.9. The van der Waals surface area contributed by atoms with Crippen molar-refractivity contribution in [3.63, 3.8) is 0 Å². The van der Waals surface area contributed by atoms with Crippen molar-refractivity contribution < 1.29 is 9.59 Å². The van der Waals surface area contributed by atoms with Crippen LogP contribution in [0.15, 0.2) is 48.5 Å². The summed E-state index contributed by atoms with van der Waals surface area (Å²) in [6.45, 7) is 7.13. The Morgan fingerprint density at radius 1 is 0.903 bits per heavy atom. The van der Waals surface area contributed by atoms with E-state index in [1.54, 1.807) is 0 Å². The lowest BCUT2D eigenvalue weighted by Gasteiger charge is -2.35. The minimum Gasteiger partial charge on any atom is -0.339 e. The SMILES string of the molecule is Cc1ccc(NC(=O)CN2CCN(C(=O)C3CC(c4ccc(C)cc4)NN3)CC2)cc1. The highest BCUT2D eigenvalue weighted by atomic mass is 16.2. The summed E-state index contributed by atoms with van der Waals surface area (Å²) >= 11 is 0. The highest BCUT2D eigenvalue weighted by Gasteiger charge is 2.34. The largest absolute Gasteiger partial charge is 0.339 e. The average molecular weight is 422 g/mol. The second-order valence-corrected chi connectivity index (χ2v) is 8.56. The Morgan fingerprint density at radius 2 is 1.52 bits per heavy atom. The first kappa shape index (κ1) is 21.5. The predicted octanol–water partition coefficient (Wildman–Crippen LogP) is 1.99. The summed E-state index contributed by atoms with van der Waals surface area (Å²) in [6, 6.07) is 16.1. The van der Waals surface area contributed by atoms with Crippen LogP contribution in [-0.2, 0) is 9.59 Å². The molecule has 2 aromatic rings. The van der Waals surface area contributed by atoms with Crippen molar-refractivity contribution in [2.24, 2.45) is 0 Å². The van der Waals surface area contributed by atoms with E-state index in [4.69, 9.17) is 0 Å². The van der Waals surface area contributed by atoms with E-state index in [0.717, 1.165) is 17.7 Å². The molecule has 0 saturated carbocycles. The summed E-state index contributed by atoms with van der Waals surface area (Å²) in [5.41, 5.74) is 10.8.